The summed E-state index contributed by atoms with van der Waals surface area (Å²) in [7, 11) is 3.95. The fourth-order valence-corrected chi connectivity index (χ4v) is 1.54. The van der Waals surface area contributed by atoms with E-state index in [0.717, 1.165) is 17.0 Å². The number of rotatable bonds is 1. The molecule has 0 aliphatic rings. The third-order valence-corrected chi connectivity index (χ3v) is 2.64. The molecule has 0 aliphatic heterocycles. The van der Waals surface area contributed by atoms with Gasteiger partial charge in [0.2, 0.25) is 0 Å². The summed E-state index contributed by atoms with van der Waals surface area (Å²) < 4.78 is 7.79. The highest BCUT2D eigenvalue weighted by Crippen LogP contribution is 2.25. The van der Waals surface area contributed by atoms with Crippen molar-refractivity contribution in [3.63, 3.8) is 0 Å². The molecule has 82 valence electrons. The van der Waals surface area contributed by atoms with Crippen molar-refractivity contribution in [2.45, 2.75) is 6.92 Å². The summed E-state index contributed by atoms with van der Waals surface area (Å²) in [5.41, 5.74) is 0. The molecular weight excluding hydrogens is 198 g/mol. The Morgan fingerprint density at radius 1 is 1.00 bits per heavy atom. The normalized spacial score (nSPS) is 10.2. The maximum absolute atomic E-state index is 5.83. The molecule has 0 bridgehead atoms. The second-order valence-corrected chi connectivity index (χ2v) is 3.99. The van der Waals surface area contributed by atoms with E-state index in [9.17, 15) is 0 Å². The lowest BCUT2D eigenvalue weighted by molar-refractivity contribution is -0.472. The Morgan fingerprint density at radius 3 is 2.44 bits per heavy atom. The van der Waals surface area contributed by atoms with Crippen LogP contribution in [0.3, 0.4) is 0 Å². The monoisotopic (exact) mass is 214 g/mol. The van der Waals surface area contributed by atoms with Crippen LogP contribution in [-0.4, -0.2) is 24.6 Å². The fraction of sp³-hybridized carbons (Fsp3) is 0.214. The minimum absolute atomic E-state index is 0.886. The van der Waals surface area contributed by atoms with Gasteiger partial charge in [-0.3, -0.25) is 0 Å². The molecule has 2 aromatic rings. The first-order valence-electron chi connectivity index (χ1n) is 5.35. The number of nitrogens with zero attached hydrogens (tertiary/aromatic N) is 1. The number of fused-ring (bicyclic) bond motifs is 1. The van der Waals surface area contributed by atoms with Crippen LogP contribution in [0.2, 0.25) is 0 Å². The van der Waals surface area contributed by atoms with Gasteiger partial charge in [-0.05, 0) is 11.5 Å². The van der Waals surface area contributed by atoms with Gasteiger partial charge in [-0.2, -0.15) is 0 Å². The zero-order valence-electron chi connectivity index (χ0n) is 9.90. The van der Waals surface area contributed by atoms with Crippen molar-refractivity contribution in [2.24, 2.45) is 0 Å². The Labute approximate surface area is 95.8 Å². The topological polar surface area (TPSA) is 12.2 Å². The van der Waals surface area contributed by atoms with Crippen molar-refractivity contribution in [2.75, 3.05) is 14.1 Å². The van der Waals surface area contributed by atoms with Crippen LogP contribution >= 0.6 is 0 Å². The molecule has 0 unspecified atom stereocenters. The average Bonchev–Trinajstić information content (AvgIpc) is 2.29. The predicted octanol–water partition coefficient (Wildman–Crippen LogP) is 2.91. The predicted molar refractivity (Wildman–Crippen MR) is 67.4 cm³/mol. The van der Waals surface area contributed by atoms with Crippen LogP contribution < -0.4 is 4.74 Å². The minimum Gasteiger partial charge on any atom is -0.408 e. The zero-order chi connectivity index (χ0) is 11.5. The highest BCUT2D eigenvalue weighted by molar-refractivity contribution is 5.90. The molecule has 16 heavy (non-hydrogen) atoms. The van der Waals surface area contributed by atoms with Crippen LogP contribution in [0.1, 0.15) is 6.92 Å². The highest BCUT2D eigenvalue weighted by atomic mass is 16.5. The molecule has 0 fully saturated rings. The van der Waals surface area contributed by atoms with E-state index in [0.29, 0.717) is 0 Å². The quantitative estimate of drug-likeness (QED) is 0.404. The first-order chi connectivity index (χ1) is 7.68. The molecule has 0 radical (unpaired) electrons. The Bertz CT molecular complexity index is 534. The summed E-state index contributed by atoms with van der Waals surface area (Å²) in [5, 5.41) is 2.35. The van der Waals surface area contributed by atoms with E-state index < -0.39 is 0 Å². The maximum atomic E-state index is 5.83. The molecule has 0 spiro atoms. The Hall–Kier alpha value is -1.83. The smallest absolute Gasteiger partial charge is 0.338 e. The Balaban J connectivity index is 2.49. The standard InChI is InChI=1S/C14H16NO/c1-11(15(2)3)16-14-10-6-8-12-7-4-5-9-13(12)14/h4-10H,1-3H3/q+1. The van der Waals surface area contributed by atoms with Gasteiger partial charge >= 0.3 is 5.90 Å². The molecule has 0 amide bonds. The van der Waals surface area contributed by atoms with Crippen molar-refractivity contribution < 1.29 is 9.31 Å². The van der Waals surface area contributed by atoms with Crippen LogP contribution in [0.4, 0.5) is 0 Å². The van der Waals surface area contributed by atoms with Crippen molar-refractivity contribution in [3.05, 3.63) is 42.5 Å². The Kier molecular flexibility index (Phi) is 2.91. The van der Waals surface area contributed by atoms with Crippen molar-refractivity contribution in [1.82, 2.24) is 0 Å². The second kappa shape index (κ2) is 4.35. The minimum atomic E-state index is 0.886. The molecule has 0 saturated carbocycles. The van der Waals surface area contributed by atoms with Crippen LogP contribution in [0.25, 0.3) is 10.8 Å². The first-order valence-corrected chi connectivity index (χ1v) is 5.35. The van der Waals surface area contributed by atoms with E-state index in [1.54, 1.807) is 0 Å². The van der Waals surface area contributed by atoms with Crippen molar-refractivity contribution in [1.29, 1.82) is 0 Å². The first kappa shape index (κ1) is 10.7. The summed E-state index contributed by atoms with van der Waals surface area (Å²) in [5.74, 6) is 1.79. The SMILES string of the molecule is CC(Oc1cccc2ccccc12)=[N+](C)C. The van der Waals surface area contributed by atoms with E-state index in [1.807, 2.05) is 49.9 Å². The van der Waals surface area contributed by atoms with Gasteiger partial charge in [-0.25, -0.2) is 4.58 Å². The van der Waals surface area contributed by atoms with Gasteiger partial charge in [0, 0.05) is 5.39 Å². The van der Waals surface area contributed by atoms with E-state index >= 15 is 0 Å². The molecule has 2 rings (SSSR count). The summed E-state index contributed by atoms with van der Waals surface area (Å²) in [6.07, 6.45) is 0. The van der Waals surface area contributed by atoms with E-state index in [-0.39, 0.29) is 0 Å². The number of ether oxygens (including phenoxy) is 1. The highest BCUT2D eigenvalue weighted by Gasteiger charge is 2.06. The molecule has 0 heterocycles. The Morgan fingerprint density at radius 2 is 1.69 bits per heavy atom. The number of hydrogen-bond donors (Lipinski definition) is 0. The van der Waals surface area contributed by atoms with E-state index in [4.69, 9.17) is 4.74 Å². The fourth-order valence-electron chi connectivity index (χ4n) is 1.54. The van der Waals surface area contributed by atoms with Gasteiger partial charge in [-0.15, -0.1) is 0 Å². The van der Waals surface area contributed by atoms with Crippen LogP contribution in [0.5, 0.6) is 5.75 Å². The molecule has 0 aliphatic carbocycles. The lowest BCUT2D eigenvalue weighted by Gasteiger charge is -2.06. The summed E-state index contributed by atoms with van der Waals surface area (Å²) in [4.78, 5) is 0. The number of benzene rings is 2. The van der Waals surface area contributed by atoms with Crippen molar-refractivity contribution in [3.8, 4) is 5.75 Å². The van der Waals surface area contributed by atoms with Crippen LogP contribution in [0.15, 0.2) is 42.5 Å². The van der Waals surface area contributed by atoms with E-state index in [2.05, 4.69) is 18.2 Å². The second-order valence-electron chi connectivity index (χ2n) is 3.99. The lowest BCUT2D eigenvalue weighted by Crippen LogP contribution is -2.16. The molecular formula is C14H16NO+. The zero-order valence-corrected chi connectivity index (χ0v) is 9.90. The van der Waals surface area contributed by atoms with Gasteiger partial charge in [0.05, 0.1) is 6.92 Å². The van der Waals surface area contributed by atoms with Gasteiger partial charge in [0.15, 0.2) is 0 Å². The summed E-state index contributed by atoms with van der Waals surface area (Å²) >= 11 is 0. The largest absolute Gasteiger partial charge is 0.408 e. The van der Waals surface area contributed by atoms with Crippen LogP contribution in [0, 0.1) is 0 Å². The summed E-state index contributed by atoms with van der Waals surface area (Å²) in [6, 6.07) is 14.3. The maximum Gasteiger partial charge on any atom is 0.338 e. The van der Waals surface area contributed by atoms with Gasteiger partial charge < -0.3 is 4.74 Å². The van der Waals surface area contributed by atoms with Crippen LogP contribution in [-0.2, 0) is 0 Å². The third-order valence-electron chi connectivity index (χ3n) is 2.64. The molecule has 2 heteroatoms. The van der Waals surface area contributed by atoms with Gasteiger partial charge in [-0.1, -0.05) is 36.4 Å². The van der Waals surface area contributed by atoms with Gasteiger partial charge in [0.25, 0.3) is 0 Å². The van der Waals surface area contributed by atoms with Crippen molar-refractivity contribution >= 4 is 16.7 Å². The molecule has 2 aromatic carbocycles. The van der Waals surface area contributed by atoms with Gasteiger partial charge in [0.1, 0.15) is 19.8 Å². The average molecular weight is 214 g/mol. The summed E-state index contributed by atoms with van der Waals surface area (Å²) in [6.45, 7) is 1.96. The number of hydrogen-bond acceptors (Lipinski definition) is 1. The van der Waals surface area contributed by atoms with E-state index in [1.165, 1.54) is 5.39 Å². The molecule has 0 atom stereocenters. The lowest BCUT2D eigenvalue weighted by atomic mass is 10.1. The molecule has 2 nitrogen and oxygen atoms in total. The molecule has 0 saturated heterocycles. The molecule has 0 aromatic heterocycles. The third kappa shape index (κ3) is 2.06. The molecule has 0 N–H and O–H groups in total.